The summed E-state index contributed by atoms with van der Waals surface area (Å²) in [5, 5.41) is 4.80. The SMILES string of the molecule is O=C(COc1cccc(/C=C2\SC(=O)N(CCOc3cccc4ccccc34)C2=O)c1)Nc1ccccc1Cl. The quantitative estimate of drug-likeness (QED) is 0.232. The molecule has 3 amide bonds. The van der Waals surface area contributed by atoms with Crippen molar-refractivity contribution in [3.8, 4) is 11.5 Å². The normalized spacial score (nSPS) is 14.2. The lowest BCUT2D eigenvalue weighted by Gasteiger charge is -2.14. The van der Waals surface area contributed by atoms with Crippen LogP contribution in [0.3, 0.4) is 0 Å². The molecule has 1 aliphatic heterocycles. The molecule has 0 aromatic heterocycles. The number of rotatable bonds is 9. The summed E-state index contributed by atoms with van der Waals surface area (Å²) in [6.45, 7) is 0.0930. The summed E-state index contributed by atoms with van der Waals surface area (Å²) in [5.74, 6) is 0.408. The molecule has 0 saturated carbocycles. The van der Waals surface area contributed by atoms with Crippen LogP contribution in [0.5, 0.6) is 11.5 Å². The van der Waals surface area contributed by atoms with Gasteiger partial charge in [0.1, 0.15) is 18.1 Å². The molecular weight excluding hydrogens is 536 g/mol. The number of thioether (sulfide) groups is 1. The summed E-state index contributed by atoms with van der Waals surface area (Å²) in [6, 6.07) is 27.5. The minimum Gasteiger partial charge on any atom is -0.491 e. The number of benzene rings is 4. The molecule has 1 aliphatic rings. The number of ether oxygens (including phenoxy) is 2. The van der Waals surface area contributed by atoms with Crippen molar-refractivity contribution in [1.29, 1.82) is 0 Å². The highest BCUT2D eigenvalue weighted by Gasteiger charge is 2.34. The van der Waals surface area contributed by atoms with E-state index in [9.17, 15) is 14.4 Å². The first-order chi connectivity index (χ1) is 19.0. The number of fused-ring (bicyclic) bond motifs is 1. The summed E-state index contributed by atoms with van der Waals surface area (Å²) >= 11 is 6.95. The van der Waals surface area contributed by atoms with Gasteiger partial charge in [0.05, 0.1) is 22.2 Å². The smallest absolute Gasteiger partial charge is 0.293 e. The largest absolute Gasteiger partial charge is 0.491 e. The second-order valence-electron chi connectivity index (χ2n) is 8.55. The second-order valence-corrected chi connectivity index (χ2v) is 9.95. The van der Waals surface area contributed by atoms with E-state index in [1.54, 1.807) is 54.6 Å². The third-order valence-corrected chi connectivity index (χ3v) is 7.11. The zero-order valence-electron chi connectivity index (χ0n) is 20.6. The van der Waals surface area contributed by atoms with Crippen LogP contribution in [0.15, 0.2) is 95.9 Å². The van der Waals surface area contributed by atoms with E-state index in [4.69, 9.17) is 21.1 Å². The number of carbonyl (C=O) groups excluding carboxylic acids is 3. The minimum atomic E-state index is -0.378. The molecule has 0 radical (unpaired) electrons. The van der Waals surface area contributed by atoms with Gasteiger partial charge in [-0.3, -0.25) is 19.3 Å². The fourth-order valence-corrected chi connectivity index (χ4v) is 5.05. The van der Waals surface area contributed by atoms with Gasteiger partial charge in [-0.1, -0.05) is 72.3 Å². The zero-order chi connectivity index (χ0) is 27.2. The van der Waals surface area contributed by atoms with Crippen LogP contribution in [-0.4, -0.2) is 41.7 Å². The molecule has 5 rings (SSSR count). The first-order valence-corrected chi connectivity index (χ1v) is 13.3. The number of amides is 3. The van der Waals surface area contributed by atoms with Crippen LogP contribution in [0.1, 0.15) is 5.56 Å². The Labute approximate surface area is 234 Å². The molecule has 1 fully saturated rings. The van der Waals surface area contributed by atoms with Crippen LogP contribution in [0.4, 0.5) is 10.5 Å². The van der Waals surface area contributed by atoms with Gasteiger partial charge in [0.15, 0.2) is 6.61 Å². The summed E-state index contributed by atoms with van der Waals surface area (Å²) in [4.78, 5) is 39.2. The van der Waals surface area contributed by atoms with Gasteiger partial charge >= 0.3 is 0 Å². The zero-order valence-corrected chi connectivity index (χ0v) is 22.2. The molecule has 0 bridgehead atoms. The number of nitrogens with zero attached hydrogens (tertiary/aromatic N) is 1. The lowest BCUT2D eigenvalue weighted by molar-refractivity contribution is -0.123. The average Bonchev–Trinajstić information content (AvgIpc) is 3.21. The van der Waals surface area contributed by atoms with Crippen molar-refractivity contribution in [3.63, 3.8) is 0 Å². The molecule has 0 aliphatic carbocycles. The van der Waals surface area contributed by atoms with Gasteiger partial charge in [0, 0.05) is 5.39 Å². The molecule has 39 heavy (non-hydrogen) atoms. The summed E-state index contributed by atoms with van der Waals surface area (Å²) in [5.41, 5.74) is 1.16. The fraction of sp³-hybridized carbons (Fsp3) is 0.100. The number of hydrogen-bond donors (Lipinski definition) is 1. The Bertz CT molecular complexity index is 1580. The van der Waals surface area contributed by atoms with E-state index in [-0.39, 0.29) is 36.8 Å². The van der Waals surface area contributed by atoms with Gasteiger partial charge in [0.2, 0.25) is 0 Å². The minimum absolute atomic E-state index is 0.134. The van der Waals surface area contributed by atoms with Crippen LogP contribution >= 0.6 is 23.4 Å². The molecule has 4 aromatic rings. The highest BCUT2D eigenvalue weighted by atomic mass is 35.5. The molecule has 1 N–H and O–H groups in total. The molecule has 1 saturated heterocycles. The van der Waals surface area contributed by atoms with Crippen molar-refractivity contribution >= 4 is 63.0 Å². The first kappa shape index (κ1) is 26.3. The third kappa shape index (κ3) is 6.42. The van der Waals surface area contributed by atoms with Gasteiger partial charge in [-0.05, 0) is 59.1 Å². The number of anilines is 1. The number of nitrogens with one attached hydrogen (secondary N) is 1. The van der Waals surface area contributed by atoms with Gasteiger partial charge in [0.25, 0.3) is 17.1 Å². The summed E-state index contributed by atoms with van der Waals surface area (Å²) in [6.07, 6.45) is 1.63. The second kappa shape index (κ2) is 12.1. The molecule has 0 unspecified atom stereocenters. The van der Waals surface area contributed by atoms with Crippen molar-refractivity contribution in [1.82, 2.24) is 4.90 Å². The van der Waals surface area contributed by atoms with E-state index in [0.29, 0.717) is 32.7 Å². The molecule has 0 spiro atoms. The fourth-order valence-electron chi connectivity index (χ4n) is 4.00. The van der Waals surface area contributed by atoms with Crippen molar-refractivity contribution in [2.75, 3.05) is 25.1 Å². The monoisotopic (exact) mass is 558 g/mol. The Hall–Kier alpha value is -4.27. The van der Waals surface area contributed by atoms with Crippen LogP contribution in [0.25, 0.3) is 16.8 Å². The van der Waals surface area contributed by atoms with E-state index in [2.05, 4.69) is 5.32 Å². The molecule has 4 aromatic carbocycles. The number of para-hydroxylation sites is 1. The van der Waals surface area contributed by atoms with Crippen molar-refractivity contribution < 1.29 is 23.9 Å². The van der Waals surface area contributed by atoms with Crippen LogP contribution < -0.4 is 14.8 Å². The van der Waals surface area contributed by atoms with Crippen molar-refractivity contribution in [3.05, 3.63) is 106 Å². The highest BCUT2D eigenvalue weighted by molar-refractivity contribution is 8.18. The maximum absolute atomic E-state index is 12.9. The maximum Gasteiger partial charge on any atom is 0.293 e. The van der Waals surface area contributed by atoms with Gasteiger partial charge < -0.3 is 14.8 Å². The molecule has 1 heterocycles. The standard InChI is InChI=1S/C30H23ClN2O5S/c31-24-12-3-4-13-25(24)32-28(34)19-38-22-10-5-7-20(17-22)18-27-29(35)33(30(36)39-27)15-16-37-26-14-6-9-21-8-1-2-11-23(21)26/h1-14,17-18H,15-16,19H2,(H,32,34)/b27-18-. The number of halogens is 1. The van der Waals surface area contributed by atoms with Crippen molar-refractivity contribution in [2.24, 2.45) is 0 Å². The number of imide groups is 1. The van der Waals surface area contributed by atoms with E-state index >= 15 is 0 Å². The van der Waals surface area contributed by atoms with Gasteiger partial charge in [-0.2, -0.15) is 0 Å². The summed E-state index contributed by atoms with van der Waals surface area (Å²) < 4.78 is 11.5. The predicted molar refractivity (Wildman–Crippen MR) is 154 cm³/mol. The Morgan fingerprint density at radius 2 is 1.69 bits per heavy atom. The first-order valence-electron chi connectivity index (χ1n) is 12.1. The summed E-state index contributed by atoms with van der Waals surface area (Å²) in [7, 11) is 0. The Kier molecular flexibility index (Phi) is 8.15. The van der Waals surface area contributed by atoms with Gasteiger partial charge in [-0.25, -0.2) is 0 Å². The Morgan fingerprint density at radius 1 is 0.923 bits per heavy atom. The molecule has 9 heteroatoms. The lowest BCUT2D eigenvalue weighted by Crippen LogP contribution is -2.32. The van der Waals surface area contributed by atoms with E-state index in [1.807, 2.05) is 42.5 Å². The van der Waals surface area contributed by atoms with Crippen molar-refractivity contribution in [2.45, 2.75) is 0 Å². The maximum atomic E-state index is 12.9. The topological polar surface area (TPSA) is 84.9 Å². The van der Waals surface area contributed by atoms with E-state index in [0.717, 1.165) is 22.5 Å². The predicted octanol–water partition coefficient (Wildman–Crippen LogP) is 6.63. The number of hydrogen-bond acceptors (Lipinski definition) is 6. The Balaban J connectivity index is 1.17. The van der Waals surface area contributed by atoms with Crippen LogP contribution in [0.2, 0.25) is 5.02 Å². The molecule has 0 atom stereocenters. The van der Waals surface area contributed by atoms with E-state index in [1.165, 1.54) is 4.90 Å². The molecule has 7 nitrogen and oxygen atoms in total. The number of carbonyl (C=O) groups is 3. The molecule has 196 valence electrons. The van der Waals surface area contributed by atoms with Crippen LogP contribution in [-0.2, 0) is 9.59 Å². The van der Waals surface area contributed by atoms with Gasteiger partial charge in [-0.15, -0.1) is 0 Å². The van der Waals surface area contributed by atoms with E-state index < -0.39 is 0 Å². The Morgan fingerprint density at radius 3 is 2.56 bits per heavy atom. The highest BCUT2D eigenvalue weighted by Crippen LogP contribution is 2.33. The van der Waals surface area contributed by atoms with Crippen LogP contribution in [0, 0.1) is 0 Å². The average molecular weight is 559 g/mol. The lowest BCUT2D eigenvalue weighted by atomic mass is 10.1. The third-order valence-electron chi connectivity index (χ3n) is 5.87. The molecular formula is C30H23ClN2O5S.